The summed E-state index contributed by atoms with van der Waals surface area (Å²) in [5.41, 5.74) is -1.67. The van der Waals surface area contributed by atoms with Gasteiger partial charge in [0.15, 0.2) is 5.41 Å². The van der Waals surface area contributed by atoms with Crippen LogP contribution in [0.1, 0.15) is 30.0 Å². The van der Waals surface area contributed by atoms with Crippen LogP contribution >= 0.6 is 0 Å². The second-order valence-electron chi connectivity index (χ2n) is 10.2. The van der Waals surface area contributed by atoms with Gasteiger partial charge in [0.25, 0.3) is 0 Å². The number of nitrogens with zero attached hydrogens (tertiary/aromatic N) is 3. The molecule has 0 radical (unpaired) electrons. The molecule has 40 heavy (non-hydrogen) atoms. The van der Waals surface area contributed by atoms with Crippen LogP contribution in [0.4, 0.5) is 26.3 Å². The van der Waals surface area contributed by atoms with E-state index in [1.165, 1.54) is 12.1 Å². The van der Waals surface area contributed by atoms with E-state index in [0.717, 1.165) is 29.8 Å². The predicted molar refractivity (Wildman–Crippen MR) is 137 cm³/mol. The Morgan fingerprint density at radius 1 is 0.825 bits per heavy atom. The number of carboxylic acids is 1. The minimum absolute atomic E-state index is 0.0121. The Morgan fingerprint density at radius 3 is 1.88 bits per heavy atom. The predicted octanol–water partition coefficient (Wildman–Crippen LogP) is 6.29. The molecule has 5 nitrogen and oxygen atoms in total. The monoisotopic (exact) mass is 565 g/mol. The molecule has 1 aliphatic rings. The number of pyridine rings is 1. The molecule has 214 valence electrons. The molecule has 2 aromatic carbocycles. The number of hydrogen-bond donors (Lipinski definition) is 1. The molecule has 0 unspecified atom stereocenters. The maximum Gasteiger partial charge on any atom is 0.406 e. The standard InChI is InChI=1S/C29H29F6N3O2/c1-27(28(30,31)32,29(33,34)35)24-8-6-23(7-9-24)22-4-2-20(3-5-22)17-37-14-15-38(25(19-37)16-26(39)40)18-21-10-12-36-13-11-21/h2-13,25H,14-19H2,1H3,(H,39,40)/t25-/m0/s1. The van der Waals surface area contributed by atoms with Crippen molar-refractivity contribution >= 4 is 5.97 Å². The topological polar surface area (TPSA) is 56.7 Å². The number of aliphatic carboxylic acids is 1. The normalized spacial score (nSPS) is 17.6. The minimum atomic E-state index is -5.50. The highest BCUT2D eigenvalue weighted by Crippen LogP contribution is 2.51. The first-order chi connectivity index (χ1) is 18.8. The van der Waals surface area contributed by atoms with Gasteiger partial charge in [-0.25, -0.2) is 0 Å². The molecule has 0 saturated carbocycles. The lowest BCUT2D eigenvalue weighted by atomic mass is 9.80. The van der Waals surface area contributed by atoms with Gasteiger partial charge in [0, 0.05) is 51.2 Å². The van der Waals surface area contributed by atoms with Crippen molar-refractivity contribution < 1.29 is 36.2 Å². The fourth-order valence-corrected chi connectivity index (χ4v) is 4.97. The van der Waals surface area contributed by atoms with Gasteiger partial charge >= 0.3 is 18.3 Å². The summed E-state index contributed by atoms with van der Waals surface area (Å²) in [4.78, 5) is 19.9. The zero-order valence-electron chi connectivity index (χ0n) is 21.7. The molecule has 1 saturated heterocycles. The summed E-state index contributed by atoms with van der Waals surface area (Å²) in [5, 5.41) is 9.44. The van der Waals surface area contributed by atoms with Crippen LogP contribution < -0.4 is 0 Å². The van der Waals surface area contributed by atoms with Crippen LogP contribution in [0.2, 0.25) is 0 Å². The van der Waals surface area contributed by atoms with Crippen molar-refractivity contribution in [3.63, 3.8) is 0 Å². The number of alkyl halides is 6. The van der Waals surface area contributed by atoms with Gasteiger partial charge < -0.3 is 5.11 Å². The number of halogens is 6. The van der Waals surface area contributed by atoms with Gasteiger partial charge in [0.2, 0.25) is 0 Å². The minimum Gasteiger partial charge on any atom is -0.481 e. The fourth-order valence-electron chi connectivity index (χ4n) is 4.97. The van der Waals surface area contributed by atoms with Gasteiger partial charge in [0.05, 0.1) is 6.42 Å². The highest BCUT2D eigenvalue weighted by Gasteiger charge is 2.68. The van der Waals surface area contributed by atoms with Crippen molar-refractivity contribution in [3.05, 3.63) is 89.7 Å². The Bertz CT molecular complexity index is 1260. The second-order valence-corrected chi connectivity index (χ2v) is 10.2. The molecule has 1 N–H and O–H groups in total. The van der Waals surface area contributed by atoms with Crippen molar-refractivity contribution in [3.8, 4) is 11.1 Å². The Morgan fingerprint density at radius 2 is 1.35 bits per heavy atom. The maximum absolute atomic E-state index is 13.4. The van der Waals surface area contributed by atoms with Gasteiger partial charge in [0.1, 0.15) is 0 Å². The molecule has 2 heterocycles. The molecule has 0 spiro atoms. The number of hydrogen-bond acceptors (Lipinski definition) is 4. The molecule has 1 aliphatic heterocycles. The number of rotatable bonds is 8. The first-order valence-corrected chi connectivity index (χ1v) is 12.7. The summed E-state index contributed by atoms with van der Waals surface area (Å²) in [7, 11) is 0. The highest BCUT2D eigenvalue weighted by molar-refractivity contribution is 5.67. The van der Waals surface area contributed by atoms with Crippen LogP contribution in [0.5, 0.6) is 0 Å². The molecule has 3 aromatic rings. The summed E-state index contributed by atoms with van der Waals surface area (Å²) in [6.07, 6.45) is -7.57. The Hall–Kier alpha value is -3.44. The quantitative estimate of drug-likeness (QED) is 0.326. The molecule has 1 atom stereocenters. The smallest absolute Gasteiger partial charge is 0.406 e. The summed E-state index contributed by atoms with van der Waals surface area (Å²) in [5.74, 6) is -0.868. The van der Waals surface area contributed by atoms with Gasteiger partial charge in [-0.1, -0.05) is 48.5 Å². The van der Waals surface area contributed by atoms with Crippen molar-refractivity contribution in [2.24, 2.45) is 0 Å². The molecular formula is C29H29F6N3O2. The number of carbonyl (C=O) groups is 1. The number of aromatic nitrogens is 1. The lowest BCUT2D eigenvalue weighted by molar-refractivity contribution is -0.297. The summed E-state index contributed by atoms with van der Waals surface area (Å²) >= 11 is 0. The van der Waals surface area contributed by atoms with E-state index >= 15 is 0 Å². The van der Waals surface area contributed by atoms with Crippen molar-refractivity contribution in [1.29, 1.82) is 0 Å². The Labute approximate surface area is 228 Å². The van der Waals surface area contributed by atoms with Crippen LogP contribution in [0.15, 0.2) is 73.1 Å². The Balaban J connectivity index is 1.43. The molecule has 0 aliphatic carbocycles. The van der Waals surface area contributed by atoms with Gasteiger partial charge in [-0.15, -0.1) is 0 Å². The van der Waals surface area contributed by atoms with E-state index in [0.29, 0.717) is 37.3 Å². The van der Waals surface area contributed by atoms with Crippen LogP contribution in [0.25, 0.3) is 11.1 Å². The molecular weight excluding hydrogens is 536 g/mol. The largest absolute Gasteiger partial charge is 0.481 e. The molecule has 1 fully saturated rings. The first-order valence-electron chi connectivity index (χ1n) is 12.7. The molecule has 1 aromatic heterocycles. The number of benzene rings is 2. The third-order valence-electron chi connectivity index (χ3n) is 7.52. The van der Waals surface area contributed by atoms with E-state index < -0.39 is 29.3 Å². The third-order valence-corrected chi connectivity index (χ3v) is 7.52. The number of piperazine rings is 1. The third kappa shape index (κ3) is 6.47. The van der Waals surface area contributed by atoms with E-state index in [9.17, 15) is 36.2 Å². The van der Waals surface area contributed by atoms with Crippen LogP contribution in [0.3, 0.4) is 0 Å². The average Bonchev–Trinajstić information content (AvgIpc) is 2.89. The Kier molecular flexibility index (Phi) is 8.55. The zero-order valence-corrected chi connectivity index (χ0v) is 21.7. The van der Waals surface area contributed by atoms with E-state index in [-0.39, 0.29) is 19.4 Å². The van der Waals surface area contributed by atoms with E-state index in [1.54, 1.807) is 24.5 Å². The molecule has 11 heteroatoms. The van der Waals surface area contributed by atoms with Crippen LogP contribution in [-0.2, 0) is 23.3 Å². The van der Waals surface area contributed by atoms with E-state index in [4.69, 9.17) is 0 Å². The lowest BCUT2D eigenvalue weighted by Gasteiger charge is -2.41. The molecule has 4 rings (SSSR count). The second kappa shape index (κ2) is 11.6. The van der Waals surface area contributed by atoms with E-state index in [2.05, 4.69) is 14.8 Å². The van der Waals surface area contributed by atoms with Crippen molar-refractivity contribution in [2.75, 3.05) is 19.6 Å². The fraction of sp³-hybridized carbons (Fsp3) is 0.379. The van der Waals surface area contributed by atoms with E-state index in [1.807, 2.05) is 24.3 Å². The zero-order chi connectivity index (χ0) is 29.1. The lowest BCUT2D eigenvalue weighted by Crippen LogP contribution is -2.52. The van der Waals surface area contributed by atoms with Crippen molar-refractivity contribution in [1.82, 2.24) is 14.8 Å². The average molecular weight is 566 g/mol. The number of carboxylic acid groups (broad SMARTS) is 1. The maximum atomic E-state index is 13.4. The SMILES string of the molecule is CC(c1ccc(-c2ccc(CN3CCN(Cc4ccncc4)[C@@H](CC(=O)O)C3)cc2)cc1)(C(F)(F)F)C(F)(F)F. The first kappa shape index (κ1) is 29.5. The van der Waals surface area contributed by atoms with Crippen LogP contribution in [0, 0.1) is 0 Å². The van der Waals surface area contributed by atoms with Gasteiger partial charge in [-0.3, -0.25) is 19.6 Å². The summed E-state index contributed by atoms with van der Waals surface area (Å²) in [6.45, 7) is 3.36. The van der Waals surface area contributed by atoms with Gasteiger partial charge in [-0.2, -0.15) is 26.3 Å². The van der Waals surface area contributed by atoms with Crippen LogP contribution in [-0.4, -0.2) is 63.9 Å². The van der Waals surface area contributed by atoms with Gasteiger partial charge in [-0.05, 0) is 46.9 Å². The molecule has 0 amide bonds. The summed E-state index contributed by atoms with van der Waals surface area (Å²) in [6, 6.07) is 15.2. The van der Waals surface area contributed by atoms with Crippen molar-refractivity contribution in [2.45, 2.75) is 50.2 Å². The highest BCUT2D eigenvalue weighted by atomic mass is 19.4. The molecule has 0 bridgehead atoms. The summed E-state index contributed by atoms with van der Waals surface area (Å²) < 4.78 is 80.4.